The molecule has 0 spiro atoms. The highest BCUT2D eigenvalue weighted by molar-refractivity contribution is 5.92. The third-order valence-corrected chi connectivity index (χ3v) is 3.50. The van der Waals surface area contributed by atoms with Gasteiger partial charge in [0.15, 0.2) is 0 Å². The van der Waals surface area contributed by atoms with E-state index >= 15 is 0 Å². The van der Waals surface area contributed by atoms with Crippen molar-refractivity contribution in [2.45, 2.75) is 20.8 Å². The second-order valence-electron chi connectivity index (χ2n) is 4.88. The monoisotopic (exact) mass is 283 g/mol. The van der Waals surface area contributed by atoms with Gasteiger partial charge in [-0.1, -0.05) is 24.3 Å². The van der Waals surface area contributed by atoms with Crippen molar-refractivity contribution in [1.29, 1.82) is 0 Å². The Morgan fingerprint density at radius 1 is 1.05 bits per heavy atom. The van der Waals surface area contributed by atoms with Crippen molar-refractivity contribution in [3.05, 3.63) is 59.7 Å². The Labute approximate surface area is 126 Å². The minimum atomic E-state index is -0.324. The minimum Gasteiger partial charge on any atom is -0.423 e. The third kappa shape index (κ3) is 3.63. The maximum Gasteiger partial charge on any atom is 0.343 e. The Kier molecular flexibility index (Phi) is 4.99. The molecule has 0 amide bonds. The molecule has 0 atom stereocenters. The predicted octanol–water partition coefficient (Wildman–Crippen LogP) is 4.06. The number of anilines is 1. The molecule has 3 nitrogen and oxygen atoms in total. The van der Waals surface area contributed by atoms with Gasteiger partial charge in [-0.25, -0.2) is 4.79 Å². The van der Waals surface area contributed by atoms with Gasteiger partial charge in [0.1, 0.15) is 5.75 Å². The molecule has 0 aliphatic rings. The maximum atomic E-state index is 12.2. The molecule has 21 heavy (non-hydrogen) atoms. The first kappa shape index (κ1) is 15.1. The standard InChI is InChI=1S/C18H21NO2/c1-4-19(5-2)17-13-15(12-11-14(17)3)18(20)21-16-9-7-6-8-10-16/h6-13H,4-5H2,1-3H3. The van der Waals surface area contributed by atoms with Crippen molar-refractivity contribution in [3.63, 3.8) is 0 Å². The fourth-order valence-electron chi connectivity index (χ4n) is 2.30. The lowest BCUT2D eigenvalue weighted by molar-refractivity contribution is 0.0735. The van der Waals surface area contributed by atoms with Crippen molar-refractivity contribution in [3.8, 4) is 5.75 Å². The van der Waals surface area contributed by atoms with Gasteiger partial charge in [-0.05, 0) is 50.6 Å². The highest BCUT2D eigenvalue weighted by Crippen LogP contribution is 2.22. The summed E-state index contributed by atoms with van der Waals surface area (Å²) >= 11 is 0. The average Bonchev–Trinajstić information content (AvgIpc) is 2.51. The van der Waals surface area contributed by atoms with E-state index < -0.39 is 0 Å². The lowest BCUT2D eigenvalue weighted by Crippen LogP contribution is -2.23. The Bertz CT molecular complexity index is 604. The third-order valence-electron chi connectivity index (χ3n) is 3.50. The minimum absolute atomic E-state index is 0.324. The lowest BCUT2D eigenvalue weighted by Gasteiger charge is -2.23. The van der Waals surface area contributed by atoms with E-state index in [-0.39, 0.29) is 5.97 Å². The van der Waals surface area contributed by atoms with Gasteiger partial charge in [-0.2, -0.15) is 0 Å². The van der Waals surface area contributed by atoms with Gasteiger partial charge in [0.25, 0.3) is 0 Å². The van der Waals surface area contributed by atoms with Crippen molar-refractivity contribution in [2.24, 2.45) is 0 Å². The number of ether oxygens (including phenoxy) is 1. The largest absolute Gasteiger partial charge is 0.423 e. The summed E-state index contributed by atoms with van der Waals surface area (Å²) in [6, 6.07) is 14.8. The quantitative estimate of drug-likeness (QED) is 0.612. The molecule has 0 saturated heterocycles. The highest BCUT2D eigenvalue weighted by atomic mass is 16.5. The van der Waals surface area contributed by atoms with E-state index in [1.807, 2.05) is 36.4 Å². The van der Waals surface area contributed by atoms with Crippen LogP contribution in [0.2, 0.25) is 0 Å². The summed E-state index contributed by atoms with van der Waals surface area (Å²) in [7, 11) is 0. The molecule has 0 radical (unpaired) electrons. The van der Waals surface area contributed by atoms with E-state index in [0.29, 0.717) is 11.3 Å². The number of aryl methyl sites for hydroxylation is 1. The zero-order chi connectivity index (χ0) is 15.2. The second kappa shape index (κ2) is 6.93. The first-order chi connectivity index (χ1) is 10.2. The number of hydrogen-bond acceptors (Lipinski definition) is 3. The van der Waals surface area contributed by atoms with Crippen LogP contribution in [0.15, 0.2) is 48.5 Å². The first-order valence-corrected chi connectivity index (χ1v) is 7.28. The fourth-order valence-corrected chi connectivity index (χ4v) is 2.30. The SMILES string of the molecule is CCN(CC)c1cc(C(=O)Oc2ccccc2)ccc1C. The van der Waals surface area contributed by atoms with Crippen LogP contribution >= 0.6 is 0 Å². The van der Waals surface area contributed by atoms with Gasteiger partial charge in [0, 0.05) is 18.8 Å². The van der Waals surface area contributed by atoms with E-state index in [0.717, 1.165) is 24.3 Å². The number of rotatable bonds is 5. The summed E-state index contributed by atoms with van der Waals surface area (Å²) in [5.74, 6) is 0.238. The van der Waals surface area contributed by atoms with Crippen LogP contribution in [0.3, 0.4) is 0 Å². The van der Waals surface area contributed by atoms with Gasteiger partial charge < -0.3 is 9.64 Å². The van der Waals surface area contributed by atoms with Crippen molar-refractivity contribution < 1.29 is 9.53 Å². The molecule has 0 aromatic heterocycles. The van der Waals surface area contributed by atoms with Crippen LogP contribution in [-0.4, -0.2) is 19.1 Å². The Morgan fingerprint density at radius 2 is 1.71 bits per heavy atom. The number of benzene rings is 2. The molecule has 2 aromatic carbocycles. The van der Waals surface area contributed by atoms with E-state index in [1.165, 1.54) is 0 Å². The summed E-state index contributed by atoms with van der Waals surface area (Å²) in [6.07, 6.45) is 0. The van der Waals surface area contributed by atoms with E-state index in [9.17, 15) is 4.79 Å². The van der Waals surface area contributed by atoms with Crippen molar-refractivity contribution in [2.75, 3.05) is 18.0 Å². The molecule has 110 valence electrons. The molecule has 3 heteroatoms. The van der Waals surface area contributed by atoms with Crippen LogP contribution in [0.1, 0.15) is 29.8 Å². The van der Waals surface area contributed by atoms with Gasteiger partial charge in [-0.3, -0.25) is 0 Å². The van der Waals surface area contributed by atoms with E-state index in [1.54, 1.807) is 12.1 Å². The molecule has 0 aliphatic carbocycles. The number of carbonyl (C=O) groups is 1. The first-order valence-electron chi connectivity index (χ1n) is 7.28. The molecule has 0 saturated carbocycles. The fraction of sp³-hybridized carbons (Fsp3) is 0.278. The topological polar surface area (TPSA) is 29.5 Å². The maximum absolute atomic E-state index is 12.2. The molecule has 2 aromatic rings. The Balaban J connectivity index is 2.24. The predicted molar refractivity (Wildman–Crippen MR) is 86.1 cm³/mol. The zero-order valence-corrected chi connectivity index (χ0v) is 12.8. The molecule has 0 N–H and O–H groups in total. The summed E-state index contributed by atoms with van der Waals surface area (Å²) in [4.78, 5) is 14.5. The van der Waals surface area contributed by atoms with Crippen LogP contribution in [-0.2, 0) is 0 Å². The van der Waals surface area contributed by atoms with Crippen LogP contribution in [0.25, 0.3) is 0 Å². The highest BCUT2D eigenvalue weighted by Gasteiger charge is 2.13. The molecular weight excluding hydrogens is 262 g/mol. The summed E-state index contributed by atoms with van der Waals surface area (Å²) in [6.45, 7) is 8.10. The number of para-hydroxylation sites is 1. The molecule has 2 rings (SSSR count). The van der Waals surface area contributed by atoms with Crippen LogP contribution < -0.4 is 9.64 Å². The van der Waals surface area contributed by atoms with Gasteiger partial charge in [-0.15, -0.1) is 0 Å². The molecule has 0 bridgehead atoms. The number of carbonyl (C=O) groups excluding carboxylic acids is 1. The van der Waals surface area contributed by atoms with Crippen molar-refractivity contribution >= 4 is 11.7 Å². The zero-order valence-electron chi connectivity index (χ0n) is 12.8. The lowest BCUT2D eigenvalue weighted by atomic mass is 10.1. The van der Waals surface area contributed by atoms with Crippen LogP contribution in [0.5, 0.6) is 5.75 Å². The van der Waals surface area contributed by atoms with E-state index in [2.05, 4.69) is 25.7 Å². The van der Waals surface area contributed by atoms with Gasteiger partial charge in [0.05, 0.1) is 5.56 Å². The van der Waals surface area contributed by atoms with Gasteiger partial charge >= 0.3 is 5.97 Å². The average molecular weight is 283 g/mol. The normalized spacial score (nSPS) is 10.2. The van der Waals surface area contributed by atoms with E-state index in [4.69, 9.17) is 4.74 Å². The van der Waals surface area contributed by atoms with Crippen LogP contribution in [0, 0.1) is 6.92 Å². The molecule has 0 heterocycles. The Morgan fingerprint density at radius 3 is 2.33 bits per heavy atom. The summed E-state index contributed by atoms with van der Waals surface area (Å²) < 4.78 is 5.38. The number of hydrogen-bond donors (Lipinski definition) is 0. The summed E-state index contributed by atoms with van der Waals surface area (Å²) in [5.41, 5.74) is 2.82. The van der Waals surface area contributed by atoms with Crippen LogP contribution in [0.4, 0.5) is 5.69 Å². The smallest absolute Gasteiger partial charge is 0.343 e. The molecule has 0 fully saturated rings. The van der Waals surface area contributed by atoms with Gasteiger partial charge in [0.2, 0.25) is 0 Å². The number of nitrogens with zero attached hydrogens (tertiary/aromatic N) is 1. The summed E-state index contributed by atoms with van der Waals surface area (Å²) in [5, 5.41) is 0. The second-order valence-corrected chi connectivity index (χ2v) is 4.88. The molecule has 0 aliphatic heterocycles. The van der Waals surface area contributed by atoms with Crippen molar-refractivity contribution in [1.82, 2.24) is 0 Å². The molecule has 0 unspecified atom stereocenters. The Hall–Kier alpha value is -2.29. The molecular formula is C18H21NO2. The number of esters is 1.